The maximum atomic E-state index is 16.4. The van der Waals surface area contributed by atoms with Crippen molar-refractivity contribution < 1.29 is 28.3 Å². The van der Waals surface area contributed by atoms with Crippen molar-refractivity contribution in [3.8, 4) is 5.75 Å². The van der Waals surface area contributed by atoms with Gasteiger partial charge >= 0.3 is 0 Å². The molecule has 1 aliphatic carbocycles. The van der Waals surface area contributed by atoms with Gasteiger partial charge in [0, 0.05) is 119 Å². The Hall–Kier alpha value is -5.54. The number of pyridine rings is 1. The van der Waals surface area contributed by atoms with Gasteiger partial charge in [-0.1, -0.05) is 12.8 Å². The number of aromatic amines is 1. The molecule has 2 N–H and O–H groups in total. The van der Waals surface area contributed by atoms with Crippen molar-refractivity contribution in [1.29, 1.82) is 0 Å². The summed E-state index contributed by atoms with van der Waals surface area (Å²) >= 11 is 0. The van der Waals surface area contributed by atoms with E-state index in [0.717, 1.165) is 150 Å². The van der Waals surface area contributed by atoms with Gasteiger partial charge in [0.1, 0.15) is 23.3 Å². The number of benzene rings is 2. The smallest absolute Gasteiger partial charge is 0.255 e. The Balaban J connectivity index is 0.652. The number of H-pyrrole nitrogens is 1. The number of nitrogens with zero attached hydrogens (tertiary/aromatic N) is 7. The summed E-state index contributed by atoms with van der Waals surface area (Å²) in [6.45, 7) is 10.5. The molecule has 5 saturated heterocycles. The first kappa shape index (κ1) is 42.1. The number of carbonyl (C=O) groups excluding carboxylic acids is 4. The molecule has 2 aromatic carbocycles. The van der Waals surface area contributed by atoms with Crippen LogP contribution in [0.25, 0.3) is 11.0 Å². The van der Waals surface area contributed by atoms with Crippen LogP contribution in [0.4, 0.5) is 21.5 Å². The third-order valence-corrected chi connectivity index (χ3v) is 16.2. The Morgan fingerprint density at radius 2 is 1.49 bits per heavy atom. The number of rotatable bonds is 10. The maximum Gasteiger partial charge on any atom is 0.255 e. The number of hydrogen-bond donors (Lipinski definition) is 2. The second-order valence-corrected chi connectivity index (χ2v) is 19.8. The SMILES string of the molecule is COc1cc(N2CCC(CN3CCN(CC4CCN(c5ccc6c(c5)CN([C@H]5CCC(=O)NC5=O)C6=O)CC4)CC3)CC2)c(F)cc1[C@@H]1N(c2ccnc3[nH]ccc23)C(=O)C12CCCC2. The van der Waals surface area contributed by atoms with E-state index in [9.17, 15) is 19.2 Å². The van der Waals surface area contributed by atoms with E-state index < -0.39 is 11.5 Å². The molecule has 4 aromatic rings. The van der Waals surface area contributed by atoms with Gasteiger partial charge in [-0.15, -0.1) is 0 Å². The highest BCUT2D eigenvalue weighted by Crippen LogP contribution is 2.62. The van der Waals surface area contributed by atoms with Gasteiger partial charge in [0.25, 0.3) is 5.91 Å². The molecular weight excluding hydrogens is 826 g/mol. The molecule has 2 aromatic heterocycles. The zero-order valence-electron chi connectivity index (χ0n) is 37.4. The van der Waals surface area contributed by atoms with Gasteiger partial charge in [-0.2, -0.15) is 0 Å². The average Bonchev–Trinajstić information content (AvgIpc) is 4.10. The topological polar surface area (TPSA) is 138 Å². The molecule has 1 saturated carbocycles. The van der Waals surface area contributed by atoms with Crippen LogP contribution in [0.15, 0.2) is 54.9 Å². The molecule has 7 aliphatic rings. The van der Waals surface area contributed by atoms with Crippen LogP contribution in [-0.2, 0) is 20.9 Å². The predicted molar refractivity (Wildman–Crippen MR) is 245 cm³/mol. The lowest BCUT2D eigenvalue weighted by atomic mass is 9.66. The quantitative estimate of drug-likeness (QED) is 0.147. The van der Waals surface area contributed by atoms with E-state index in [2.05, 4.69) is 41.0 Å². The molecule has 0 radical (unpaired) electrons. The van der Waals surface area contributed by atoms with E-state index in [1.807, 2.05) is 41.4 Å². The minimum Gasteiger partial charge on any atom is -0.496 e. The summed E-state index contributed by atoms with van der Waals surface area (Å²) in [5, 5.41) is 3.27. The van der Waals surface area contributed by atoms with Crippen LogP contribution < -0.4 is 24.8 Å². The number of nitrogens with one attached hydrogen (secondary N) is 2. The fraction of sp³-hybridized carbons (Fsp3) is 0.540. The highest BCUT2D eigenvalue weighted by atomic mass is 19.1. The number of halogens is 1. The zero-order chi connectivity index (χ0) is 44.4. The highest BCUT2D eigenvalue weighted by molar-refractivity contribution is 6.11. The minimum atomic E-state index is -0.596. The Bertz CT molecular complexity index is 2500. The molecule has 8 heterocycles. The van der Waals surface area contributed by atoms with Crippen molar-refractivity contribution in [2.45, 2.75) is 82.8 Å². The lowest BCUT2D eigenvalue weighted by Gasteiger charge is -2.55. The second-order valence-electron chi connectivity index (χ2n) is 19.8. The van der Waals surface area contributed by atoms with Crippen LogP contribution in [0.2, 0.25) is 0 Å². The lowest BCUT2D eigenvalue weighted by Crippen LogP contribution is -2.62. The molecule has 65 heavy (non-hydrogen) atoms. The third-order valence-electron chi connectivity index (χ3n) is 16.2. The van der Waals surface area contributed by atoms with Gasteiger partial charge in [0.2, 0.25) is 17.7 Å². The van der Waals surface area contributed by atoms with Gasteiger partial charge in [-0.3, -0.25) is 24.5 Å². The summed E-state index contributed by atoms with van der Waals surface area (Å²) in [4.78, 5) is 72.4. The Labute approximate surface area is 379 Å². The van der Waals surface area contributed by atoms with E-state index in [-0.39, 0.29) is 41.9 Å². The highest BCUT2D eigenvalue weighted by Gasteiger charge is 2.63. The summed E-state index contributed by atoms with van der Waals surface area (Å²) in [5.74, 6) is 0.949. The largest absolute Gasteiger partial charge is 0.496 e. The first-order chi connectivity index (χ1) is 31.7. The van der Waals surface area contributed by atoms with Gasteiger partial charge in [0.05, 0.1) is 29.9 Å². The summed E-state index contributed by atoms with van der Waals surface area (Å²) in [5.41, 5.74) is 5.06. The normalized spacial score (nSPS) is 24.6. The zero-order valence-corrected chi connectivity index (χ0v) is 37.4. The average molecular weight is 886 g/mol. The molecule has 4 amide bonds. The maximum absolute atomic E-state index is 16.4. The van der Waals surface area contributed by atoms with Crippen molar-refractivity contribution in [1.82, 2.24) is 30.0 Å². The van der Waals surface area contributed by atoms with E-state index in [1.54, 1.807) is 24.3 Å². The van der Waals surface area contributed by atoms with E-state index >= 15 is 4.39 Å². The van der Waals surface area contributed by atoms with Crippen LogP contribution in [0.3, 0.4) is 0 Å². The van der Waals surface area contributed by atoms with Crippen LogP contribution in [0, 0.1) is 23.1 Å². The fourth-order valence-electron chi connectivity index (χ4n) is 12.6. The number of piperazine rings is 1. The van der Waals surface area contributed by atoms with E-state index in [4.69, 9.17) is 4.74 Å². The molecule has 342 valence electrons. The number of hydrogen-bond acceptors (Lipinski definition) is 10. The lowest BCUT2D eigenvalue weighted by molar-refractivity contribution is -0.140. The van der Waals surface area contributed by atoms with Gasteiger partial charge in [0.15, 0.2) is 0 Å². The van der Waals surface area contributed by atoms with Crippen LogP contribution in [0.5, 0.6) is 5.75 Å². The molecule has 14 nitrogen and oxygen atoms in total. The van der Waals surface area contributed by atoms with E-state index in [0.29, 0.717) is 41.8 Å². The van der Waals surface area contributed by atoms with Crippen LogP contribution in [-0.4, -0.2) is 127 Å². The Kier molecular flexibility index (Phi) is 11.0. The minimum absolute atomic E-state index is 0.110. The molecule has 6 fully saturated rings. The van der Waals surface area contributed by atoms with Gasteiger partial charge in [-0.25, -0.2) is 9.37 Å². The number of imide groups is 1. The molecular formula is C50H60FN9O5. The number of piperidine rings is 3. The Morgan fingerprint density at radius 3 is 2.17 bits per heavy atom. The van der Waals surface area contributed by atoms with Crippen molar-refractivity contribution in [2.24, 2.45) is 17.3 Å². The standard InChI is InChI=1S/C50H60FN9O5/c1-65-43-28-42(39(51)27-38(43)45-50(14-2-3-15-50)49(64)60(45)40-9-17-53-46-37(40)8-16-52-46)58-20-12-33(13-21-58)30-56-24-22-55(23-25-56)29-32-10-18-57(19-11-32)35-4-5-36-34(26-35)31-59(48(36)63)41-6-7-44(61)54-47(41)62/h4-5,8-9,16-17,26-28,32-33,41,45H,2-3,6-7,10-15,18-25,29-31H2,1H3,(H,52,53)(H,54,61,62)/t41-,45-/m0/s1. The summed E-state index contributed by atoms with van der Waals surface area (Å²) < 4.78 is 22.5. The first-order valence-corrected chi connectivity index (χ1v) is 24.0. The van der Waals surface area contributed by atoms with Gasteiger partial charge < -0.3 is 39.1 Å². The van der Waals surface area contributed by atoms with E-state index in [1.165, 1.54) is 0 Å². The summed E-state index contributed by atoms with van der Waals surface area (Å²) in [6.07, 6.45) is 12.1. The first-order valence-electron chi connectivity index (χ1n) is 24.0. The molecule has 6 aliphatic heterocycles. The van der Waals surface area contributed by atoms with Gasteiger partial charge in [-0.05, 0) is 98.7 Å². The van der Waals surface area contributed by atoms with Crippen molar-refractivity contribution in [2.75, 3.05) is 87.3 Å². The van der Waals surface area contributed by atoms with Crippen LogP contribution >= 0.6 is 0 Å². The summed E-state index contributed by atoms with van der Waals surface area (Å²) in [7, 11) is 1.66. The predicted octanol–water partition coefficient (Wildman–Crippen LogP) is 5.87. The number of amides is 4. The third kappa shape index (κ3) is 7.52. The van der Waals surface area contributed by atoms with Crippen molar-refractivity contribution >= 4 is 51.7 Å². The molecule has 0 unspecified atom stereocenters. The van der Waals surface area contributed by atoms with Crippen LogP contribution in [0.1, 0.15) is 91.7 Å². The molecule has 15 heteroatoms. The molecule has 1 spiro atoms. The molecule has 11 rings (SSSR count). The number of methoxy groups -OCH3 is 1. The number of aromatic nitrogens is 2. The number of carbonyl (C=O) groups is 4. The Morgan fingerprint density at radius 1 is 0.800 bits per heavy atom. The summed E-state index contributed by atoms with van der Waals surface area (Å²) in [6, 6.07) is 12.6. The monoisotopic (exact) mass is 885 g/mol. The number of β-lactam (4-membered cyclic amide) rings is 1. The fourth-order valence-corrected chi connectivity index (χ4v) is 12.6. The number of fused-ring (bicyclic) bond motifs is 2. The number of ether oxygens (including phenoxy) is 1. The number of anilines is 3. The molecule has 2 atom stereocenters. The molecule has 0 bridgehead atoms. The second kappa shape index (κ2) is 17.0. The van der Waals surface area contributed by atoms with Crippen molar-refractivity contribution in [3.63, 3.8) is 0 Å². The van der Waals surface area contributed by atoms with Crippen molar-refractivity contribution in [3.05, 3.63) is 77.4 Å².